The molecule has 0 radical (unpaired) electrons. The minimum Gasteiger partial charge on any atom is -0.486 e. The topological polar surface area (TPSA) is 74.8 Å². The molecule has 1 atom stereocenters. The lowest BCUT2D eigenvalue weighted by Gasteiger charge is -2.32. The number of aromatic nitrogens is 2. The van der Waals surface area contributed by atoms with Crippen LogP contribution < -0.4 is 29.9 Å². The highest BCUT2D eigenvalue weighted by atomic mass is 32.1. The molecule has 1 aromatic heterocycles. The van der Waals surface area contributed by atoms with Crippen LogP contribution in [0.2, 0.25) is 0 Å². The maximum atomic E-state index is 5.70. The number of hydrogen-bond donors (Lipinski definition) is 2. The molecule has 1 fully saturated rings. The Kier molecular flexibility index (Phi) is 6.70. The molecule has 8 nitrogen and oxygen atoms in total. The van der Waals surface area contributed by atoms with Crippen molar-refractivity contribution in [2.45, 2.75) is 39.4 Å². The smallest absolute Gasteiger partial charge is 0.232 e. The number of benzene rings is 2. The van der Waals surface area contributed by atoms with E-state index in [1.54, 1.807) is 0 Å². The van der Waals surface area contributed by atoms with Crippen molar-refractivity contribution < 1.29 is 9.47 Å². The highest BCUT2D eigenvalue weighted by Gasteiger charge is 2.24. The summed E-state index contributed by atoms with van der Waals surface area (Å²) in [7, 11) is 0. The molecular formula is C28H32N6O2S. The molecule has 0 amide bonds. The Hall–Kier alpha value is -3.59. The van der Waals surface area contributed by atoms with E-state index < -0.39 is 0 Å². The molecule has 3 aliphatic heterocycles. The van der Waals surface area contributed by atoms with Crippen LogP contribution in [0, 0.1) is 5.92 Å². The van der Waals surface area contributed by atoms with Crippen LogP contribution in [0.1, 0.15) is 36.5 Å². The van der Waals surface area contributed by atoms with Crippen molar-refractivity contribution in [3.63, 3.8) is 0 Å². The van der Waals surface area contributed by atoms with E-state index in [0.717, 1.165) is 54.9 Å². The van der Waals surface area contributed by atoms with Crippen molar-refractivity contribution in [3.05, 3.63) is 65.2 Å². The fourth-order valence-electron chi connectivity index (χ4n) is 5.22. The summed E-state index contributed by atoms with van der Waals surface area (Å²) < 4.78 is 11.3. The van der Waals surface area contributed by atoms with E-state index in [-0.39, 0.29) is 0 Å². The van der Waals surface area contributed by atoms with E-state index >= 15 is 0 Å². The van der Waals surface area contributed by atoms with Crippen LogP contribution >= 0.6 is 12.2 Å². The van der Waals surface area contributed by atoms with E-state index in [1.165, 1.54) is 24.0 Å². The molecule has 9 heteroatoms. The summed E-state index contributed by atoms with van der Waals surface area (Å²) in [6, 6.07) is 16.7. The summed E-state index contributed by atoms with van der Waals surface area (Å²) in [5.74, 6) is 4.58. The van der Waals surface area contributed by atoms with Gasteiger partial charge in [-0.1, -0.05) is 37.3 Å². The quantitative estimate of drug-likeness (QED) is 0.477. The molecular weight excluding hydrogens is 484 g/mol. The number of piperidine rings is 1. The monoisotopic (exact) mass is 516 g/mol. The van der Waals surface area contributed by atoms with Crippen LogP contribution in [0.15, 0.2) is 48.5 Å². The van der Waals surface area contributed by atoms with E-state index in [2.05, 4.69) is 57.7 Å². The lowest BCUT2D eigenvalue weighted by atomic mass is 10.0. The highest BCUT2D eigenvalue weighted by molar-refractivity contribution is 7.80. The number of fused-ring (bicyclic) bond motifs is 2. The second kappa shape index (κ2) is 10.4. The van der Waals surface area contributed by atoms with Crippen molar-refractivity contribution in [1.29, 1.82) is 0 Å². The molecule has 1 saturated heterocycles. The standard InChI is InChI=1S/C28H32N6O2S/c1-19-5-4-10-33(16-19)25-14-26(34-17-21-6-2-3-7-22(21)18-34)31-27(30-25)32-28(37)29-15-20-8-9-23-24(13-20)36-12-11-35-23/h2-3,6-9,13-14,19H,4-5,10-12,15-18H2,1H3,(H2,29,30,31,32,37)/t19-/m1/s1. The van der Waals surface area contributed by atoms with Gasteiger partial charge in [0.1, 0.15) is 24.8 Å². The van der Waals surface area contributed by atoms with Gasteiger partial charge < -0.3 is 29.9 Å². The van der Waals surface area contributed by atoms with Gasteiger partial charge in [0.05, 0.1) is 0 Å². The summed E-state index contributed by atoms with van der Waals surface area (Å²) in [6.07, 6.45) is 2.43. The molecule has 0 saturated carbocycles. The third kappa shape index (κ3) is 5.41. The number of ether oxygens (including phenoxy) is 2. The zero-order chi connectivity index (χ0) is 25.2. The Bertz CT molecular complexity index is 1280. The molecule has 0 aliphatic carbocycles. The van der Waals surface area contributed by atoms with Crippen molar-refractivity contribution in [1.82, 2.24) is 15.3 Å². The van der Waals surface area contributed by atoms with Gasteiger partial charge in [0.15, 0.2) is 16.6 Å². The van der Waals surface area contributed by atoms with Crippen molar-refractivity contribution in [2.24, 2.45) is 5.92 Å². The molecule has 3 aliphatic rings. The van der Waals surface area contributed by atoms with Crippen molar-refractivity contribution in [2.75, 3.05) is 41.4 Å². The number of hydrogen-bond acceptors (Lipinski definition) is 7. The Morgan fingerprint density at radius 1 is 0.973 bits per heavy atom. The van der Waals surface area contributed by atoms with Crippen LogP contribution in [0.3, 0.4) is 0 Å². The zero-order valence-electron chi connectivity index (χ0n) is 21.1. The SMILES string of the molecule is C[C@@H]1CCCN(c2cc(N3Cc4ccccc4C3)nc(NC(=S)NCc3ccc4c(c3)OCCO4)n2)C1. The summed E-state index contributed by atoms with van der Waals surface area (Å²) in [5, 5.41) is 7.00. The largest absolute Gasteiger partial charge is 0.486 e. The van der Waals surface area contributed by atoms with Gasteiger partial charge in [0.2, 0.25) is 5.95 Å². The molecule has 2 aromatic carbocycles. The van der Waals surface area contributed by atoms with Crippen LogP contribution in [-0.4, -0.2) is 41.4 Å². The van der Waals surface area contributed by atoms with E-state index in [0.29, 0.717) is 36.7 Å². The fourth-order valence-corrected chi connectivity index (χ4v) is 5.38. The Morgan fingerprint density at radius 2 is 1.70 bits per heavy atom. The maximum absolute atomic E-state index is 5.70. The Labute approximate surface area is 223 Å². The molecule has 4 heterocycles. The van der Waals surface area contributed by atoms with Gasteiger partial charge in [-0.15, -0.1) is 0 Å². The number of anilines is 3. The Balaban J connectivity index is 1.18. The third-order valence-electron chi connectivity index (χ3n) is 7.13. The molecule has 6 rings (SSSR count). The molecule has 2 N–H and O–H groups in total. The zero-order valence-corrected chi connectivity index (χ0v) is 21.9. The number of nitrogens with zero attached hydrogens (tertiary/aromatic N) is 4. The van der Waals surface area contributed by atoms with Crippen molar-refractivity contribution >= 4 is 34.9 Å². The predicted octanol–water partition coefficient (Wildman–Crippen LogP) is 4.49. The summed E-state index contributed by atoms with van der Waals surface area (Å²) in [6.45, 7) is 7.71. The number of rotatable bonds is 5. The lowest BCUT2D eigenvalue weighted by molar-refractivity contribution is 0.171. The average Bonchev–Trinajstić information content (AvgIpc) is 3.36. The molecule has 0 bridgehead atoms. The van der Waals surface area contributed by atoms with Crippen LogP contribution in [-0.2, 0) is 19.6 Å². The van der Waals surface area contributed by atoms with Crippen LogP contribution in [0.4, 0.5) is 17.6 Å². The van der Waals surface area contributed by atoms with Gasteiger partial charge in [-0.25, -0.2) is 0 Å². The normalized spacial score (nSPS) is 18.4. The van der Waals surface area contributed by atoms with Crippen molar-refractivity contribution in [3.8, 4) is 11.5 Å². The molecule has 192 valence electrons. The third-order valence-corrected chi connectivity index (χ3v) is 7.38. The first-order valence-corrected chi connectivity index (χ1v) is 13.4. The minimum atomic E-state index is 0.481. The fraction of sp³-hybridized carbons (Fsp3) is 0.393. The second-order valence-electron chi connectivity index (χ2n) is 10.0. The molecule has 37 heavy (non-hydrogen) atoms. The Morgan fingerprint density at radius 3 is 2.46 bits per heavy atom. The van der Waals surface area contributed by atoms with E-state index in [1.807, 2.05) is 18.2 Å². The molecule has 3 aromatic rings. The summed E-state index contributed by atoms with van der Waals surface area (Å²) >= 11 is 5.62. The van der Waals surface area contributed by atoms with Crippen LogP contribution in [0.25, 0.3) is 0 Å². The van der Waals surface area contributed by atoms with Gasteiger partial charge in [0, 0.05) is 38.8 Å². The van der Waals surface area contributed by atoms with Crippen LogP contribution in [0.5, 0.6) is 11.5 Å². The van der Waals surface area contributed by atoms with Gasteiger partial charge in [-0.05, 0) is 59.8 Å². The van der Waals surface area contributed by atoms with E-state index in [4.69, 9.17) is 31.7 Å². The lowest BCUT2D eigenvalue weighted by Crippen LogP contribution is -2.35. The van der Waals surface area contributed by atoms with Gasteiger partial charge in [0.25, 0.3) is 0 Å². The first kappa shape index (κ1) is 23.8. The number of nitrogens with one attached hydrogen (secondary N) is 2. The van der Waals surface area contributed by atoms with E-state index in [9.17, 15) is 0 Å². The maximum Gasteiger partial charge on any atom is 0.232 e. The first-order chi connectivity index (χ1) is 18.1. The summed E-state index contributed by atoms with van der Waals surface area (Å²) in [5.41, 5.74) is 3.75. The minimum absolute atomic E-state index is 0.481. The van der Waals surface area contributed by atoms with Gasteiger partial charge >= 0.3 is 0 Å². The molecule has 0 spiro atoms. The number of thiocarbonyl (C=S) groups is 1. The summed E-state index contributed by atoms with van der Waals surface area (Å²) in [4.78, 5) is 14.4. The van der Waals surface area contributed by atoms with Gasteiger partial charge in [-0.2, -0.15) is 9.97 Å². The first-order valence-electron chi connectivity index (χ1n) is 13.0. The second-order valence-corrected chi connectivity index (χ2v) is 10.4. The highest BCUT2D eigenvalue weighted by Crippen LogP contribution is 2.32. The average molecular weight is 517 g/mol. The van der Waals surface area contributed by atoms with Gasteiger partial charge in [-0.3, -0.25) is 0 Å². The predicted molar refractivity (Wildman–Crippen MR) is 149 cm³/mol. The molecule has 0 unspecified atom stereocenters.